The van der Waals surface area contributed by atoms with Crippen LogP contribution >= 0.6 is 0 Å². The molecule has 32 heavy (non-hydrogen) atoms. The zero-order chi connectivity index (χ0) is 22.8. The number of unbranched alkanes of at least 4 members (excludes halogenated alkanes) is 3. The second kappa shape index (κ2) is 10.7. The zero-order valence-electron chi connectivity index (χ0n) is 22.8. The monoisotopic (exact) mass is 442 g/mol. The predicted octanol–water partition coefficient (Wildman–Crippen LogP) is 10.4. The second-order valence-electron chi connectivity index (χ2n) is 13.9. The zero-order valence-corrected chi connectivity index (χ0v) is 22.8. The van der Waals surface area contributed by atoms with Crippen LogP contribution in [0, 0.1) is 52.3 Å². The van der Waals surface area contributed by atoms with E-state index in [-0.39, 0.29) is 0 Å². The Balaban J connectivity index is 1.34. The fraction of sp³-hybridized carbons (Fsp3) is 1.00. The molecule has 0 spiro atoms. The van der Waals surface area contributed by atoms with Gasteiger partial charge in [0, 0.05) is 0 Å². The highest BCUT2D eigenvalue weighted by molar-refractivity contribution is 5.09. The third kappa shape index (κ3) is 4.87. The lowest BCUT2D eigenvalue weighted by atomic mass is 9.44. The smallest absolute Gasteiger partial charge is 0.0266 e. The summed E-state index contributed by atoms with van der Waals surface area (Å²) in [6, 6.07) is 0. The first-order chi connectivity index (χ1) is 15.4. The molecule has 0 heterocycles. The van der Waals surface area contributed by atoms with Crippen molar-refractivity contribution in [1.29, 1.82) is 0 Å². The Morgan fingerprint density at radius 3 is 2.31 bits per heavy atom. The van der Waals surface area contributed by atoms with Gasteiger partial charge in [0.15, 0.2) is 0 Å². The van der Waals surface area contributed by atoms with E-state index in [4.69, 9.17) is 0 Å². The van der Waals surface area contributed by atoms with E-state index in [1.165, 1.54) is 51.4 Å². The topological polar surface area (TPSA) is 0 Å². The van der Waals surface area contributed by atoms with Crippen LogP contribution in [0.15, 0.2) is 0 Å². The van der Waals surface area contributed by atoms with Crippen LogP contribution < -0.4 is 0 Å². The summed E-state index contributed by atoms with van der Waals surface area (Å²) in [6.07, 6.45) is 27.4. The predicted molar refractivity (Wildman–Crippen MR) is 141 cm³/mol. The van der Waals surface area contributed by atoms with Crippen molar-refractivity contribution < 1.29 is 0 Å². The van der Waals surface area contributed by atoms with Gasteiger partial charge < -0.3 is 0 Å². The molecular formula is C32H58. The molecule has 9 unspecified atom stereocenters. The van der Waals surface area contributed by atoms with E-state index in [9.17, 15) is 0 Å². The van der Waals surface area contributed by atoms with Crippen molar-refractivity contribution >= 4 is 0 Å². The van der Waals surface area contributed by atoms with Crippen LogP contribution in [0.5, 0.6) is 0 Å². The molecule has 0 aliphatic heterocycles. The minimum absolute atomic E-state index is 0.691. The highest BCUT2D eigenvalue weighted by Crippen LogP contribution is 2.68. The molecule has 0 amide bonds. The molecule has 9 atom stereocenters. The van der Waals surface area contributed by atoms with Crippen LogP contribution in [-0.4, -0.2) is 0 Å². The lowest BCUT2D eigenvalue weighted by Crippen LogP contribution is -2.53. The Morgan fingerprint density at radius 1 is 0.750 bits per heavy atom. The number of hydrogen-bond donors (Lipinski definition) is 0. The van der Waals surface area contributed by atoms with Crippen LogP contribution in [0.4, 0.5) is 0 Å². The van der Waals surface area contributed by atoms with E-state index in [2.05, 4.69) is 34.6 Å². The average molecular weight is 443 g/mol. The third-order valence-corrected chi connectivity index (χ3v) is 12.4. The lowest BCUT2D eigenvalue weighted by Gasteiger charge is -2.61. The molecule has 0 heteroatoms. The number of rotatable bonds is 10. The Hall–Kier alpha value is 0. The second-order valence-corrected chi connectivity index (χ2v) is 13.9. The summed E-state index contributed by atoms with van der Waals surface area (Å²) in [5, 5.41) is 0. The van der Waals surface area contributed by atoms with E-state index in [0.717, 1.165) is 41.4 Å². The van der Waals surface area contributed by atoms with Gasteiger partial charge in [0.2, 0.25) is 0 Å². The highest BCUT2D eigenvalue weighted by atomic mass is 14.6. The Morgan fingerprint density at radius 2 is 1.53 bits per heavy atom. The van der Waals surface area contributed by atoms with Crippen molar-refractivity contribution in [1.82, 2.24) is 0 Å². The van der Waals surface area contributed by atoms with Crippen molar-refractivity contribution in [2.75, 3.05) is 0 Å². The molecule has 0 aromatic rings. The molecule has 0 aromatic carbocycles. The molecule has 4 aliphatic rings. The molecule has 0 bridgehead atoms. The summed E-state index contributed by atoms with van der Waals surface area (Å²) in [5.74, 6) is 7.33. The standard InChI is InChI=1S/C32H58/c1-6-8-9-10-14-26-16-18-29-28-17-15-27-23-25(13-11-12-24(3)7-2)19-21-32(27,5)30(28)20-22-31(26,29)4/h24-30H,6-23H2,1-5H3. The first-order valence-electron chi connectivity index (χ1n) is 15.4. The molecular weight excluding hydrogens is 384 g/mol. The van der Waals surface area contributed by atoms with Gasteiger partial charge in [-0.25, -0.2) is 0 Å². The van der Waals surface area contributed by atoms with Crippen LogP contribution in [0.25, 0.3) is 0 Å². The van der Waals surface area contributed by atoms with Crippen LogP contribution in [0.2, 0.25) is 0 Å². The molecule has 186 valence electrons. The molecule has 4 aliphatic carbocycles. The lowest BCUT2D eigenvalue weighted by molar-refractivity contribution is -0.119. The van der Waals surface area contributed by atoms with Crippen molar-refractivity contribution in [2.24, 2.45) is 52.3 Å². The van der Waals surface area contributed by atoms with Crippen molar-refractivity contribution in [2.45, 2.75) is 150 Å². The number of hydrogen-bond acceptors (Lipinski definition) is 0. The first kappa shape index (κ1) is 25.1. The van der Waals surface area contributed by atoms with E-state index in [0.29, 0.717) is 10.8 Å². The maximum atomic E-state index is 2.78. The minimum atomic E-state index is 0.691. The van der Waals surface area contributed by atoms with Crippen molar-refractivity contribution in [3.8, 4) is 0 Å². The maximum absolute atomic E-state index is 2.78. The largest absolute Gasteiger partial charge is 0.0654 e. The van der Waals surface area contributed by atoms with Gasteiger partial charge in [-0.2, -0.15) is 0 Å². The van der Waals surface area contributed by atoms with E-state index >= 15 is 0 Å². The summed E-state index contributed by atoms with van der Waals surface area (Å²) < 4.78 is 0. The molecule has 4 saturated carbocycles. The van der Waals surface area contributed by atoms with Crippen LogP contribution in [0.1, 0.15) is 150 Å². The van der Waals surface area contributed by atoms with Gasteiger partial charge in [-0.15, -0.1) is 0 Å². The Labute approximate surface area is 202 Å². The third-order valence-electron chi connectivity index (χ3n) is 12.4. The molecule has 0 nitrogen and oxygen atoms in total. The summed E-state index contributed by atoms with van der Waals surface area (Å²) in [5.41, 5.74) is 1.39. The van der Waals surface area contributed by atoms with E-state index in [1.807, 2.05) is 0 Å². The SMILES string of the molecule is CCCCCCC1CCC2C3CCC4CC(CCCC(C)CC)CCC4(C)C3CCC12C. The first-order valence-corrected chi connectivity index (χ1v) is 15.4. The maximum Gasteiger partial charge on any atom is -0.0266 e. The fourth-order valence-corrected chi connectivity index (χ4v) is 9.97. The molecule has 4 fully saturated rings. The van der Waals surface area contributed by atoms with Gasteiger partial charge in [0.05, 0.1) is 0 Å². The van der Waals surface area contributed by atoms with Gasteiger partial charge in [0.1, 0.15) is 0 Å². The van der Waals surface area contributed by atoms with Crippen LogP contribution in [-0.2, 0) is 0 Å². The summed E-state index contributed by atoms with van der Waals surface area (Å²) in [6.45, 7) is 12.7. The van der Waals surface area contributed by atoms with Gasteiger partial charge in [-0.3, -0.25) is 0 Å². The molecule has 4 rings (SSSR count). The van der Waals surface area contributed by atoms with Crippen LogP contribution in [0.3, 0.4) is 0 Å². The fourth-order valence-electron chi connectivity index (χ4n) is 9.97. The van der Waals surface area contributed by atoms with E-state index in [1.54, 1.807) is 64.2 Å². The number of fused-ring (bicyclic) bond motifs is 5. The van der Waals surface area contributed by atoms with Crippen molar-refractivity contribution in [3.05, 3.63) is 0 Å². The highest BCUT2D eigenvalue weighted by Gasteiger charge is 2.59. The van der Waals surface area contributed by atoms with Gasteiger partial charge >= 0.3 is 0 Å². The normalized spacial score (nSPS) is 44.5. The average Bonchev–Trinajstić information content (AvgIpc) is 3.13. The van der Waals surface area contributed by atoms with Gasteiger partial charge in [0.25, 0.3) is 0 Å². The molecule has 0 saturated heterocycles. The van der Waals surface area contributed by atoms with Gasteiger partial charge in [-0.1, -0.05) is 86.0 Å². The molecule has 0 radical (unpaired) electrons. The quantitative estimate of drug-likeness (QED) is 0.295. The molecule has 0 aromatic heterocycles. The Kier molecular flexibility index (Phi) is 8.41. The molecule has 0 N–H and O–H groups in total. The summed E-state index contributed by atoms with van der Waals surface area (Å²) >= 11 is 0. The summed E-state index contributed by atoms with van der Waals surface area (Å²) in [4.78, 5) is 0. The van der Waals surface area contributed by atoms with Crippen molar-refractivity contribution in [3.63, 3.8) is 0 Å². The minimum Gasteiger partial charge on any atom is -0.0654 e. The van der Waals surface area contributed by atoms with Gasteiger partial charge in [-0.05, 0) is 116 Å². The summed E-state index contributed by atoms with van der Waals surface area (Å²) in [7, 11) is 0. The van der Waals surface area contributed by atoms with E-state index < -0.39 is 0 Å². The Bertz CT molecular complexity index is 579.